The SMILES string of the molecule is CCCC1(CNCc2ccc3c(c2)OCCO3)CC1. The number of rotatable bonds is 6. The minimum Gasteiger partial charge on any atom is -0.486 e. The summed E-state index contributed by atoms with van der Waals surface area (Å²) in [6.07, 6.45) is 5.46. The molecule has 1 saturated carbocycles. The van der Waals surface area contributed by atoms with E-state index < -0.39 is 0 Å². The summed E-state index contributed by atoms with van der Waals surface area (Å²) in [5.74, 6) is 1.76. The molecular formula is C16H23NO2. The van der Waals surface area contributed by atoms with Gasteiger partial charge in [0.25, 0.3) is 0 Å². The van der Waals surface area contributed by atoms with E-state index >= 15 is 0 Å². The van der Waals surface area contributed by atoms with E-state index in [-0.39, 0.29) is 0 Å². The van der Waals surface area contributed by atoms with Crippen LogP contribution in [-0.2, 0) is 6.54 Å². The summed E-state index contributed by atoms with van der Waals surface area (Å²) in [5.41, 5.74) is 1.89. The largest absolute Gasteiger partial charge is 0.486 e. The van der Waals surface area contributed by atoms with E-state index in [1.54, 1.807) is 0 Å². The summed E-state index contributed by atoms with van der Waals surface area (Å²) in [4.78, 5) is 0. The van der Waals surface area contributed by atoms with Crippen LogP contribution in [0.3, 0.4) is 0 Å². The van der Waals surface area contributed by atoms with Gasteiger partial charge in [0.05, 0.1) is 0 Å². The standard InChI is InChI=1S/C16H23NO2/c1-2-5-16(6-7-16)12-17-11-13-3-4-14-15(10-13)19-9-8-18-14/h3-4,10,17H,2,5-9,11-12H2,1H3. The lowest BCUT2D eigenvalue weighted by Crippen LogP contribution is -2.23. The zero-order valence-electron chi connectivity index (χ0n) is 11.7. The van der Waals surface area contributed by atoms with E-state index in [2.05, 4.69) is 24.4 Å². The Morgan fingerprint density at radius 1 is 1.16 bits per heavy atom. The quantitative estimate of drug-likeness (QED) is 0.853. The summed E-state index contributed by atoms with van der Waals surface area (Å²) in [5, 5.41) is 3.60. The summed E-state index contributed by atoms with van der Waals surface area (Å²) < 4.78 is 11.1. The molecule has 0 aromatic heterocycles. The van der Waals surface area contributed by atoms with Gasteiger partial charge in [0, 0.05) is 13.1 Å². The lowest BCUT2D eigenvalue weighted by Gasteiger charge is -2.19. The van der Waals surface area contributed by atoms with Crippen molar-refractivity contribution in [2.24, 2.45) is 5.41 Å². The molecule has 19 heavy (non-hydrogen) atoms. The Kier molecular flexibility index (Phi) is 3.65. The number of ether oxygens (including phenoxy) is 2. The zero-order chi connectivity index (χ0) is 13.1. The molecule has 3 nitrogen and oxygen atoms in total. The maximum absolute atomic E-state index is 5.61. The van der Waals surface area contributed by atoms with Crippen molar-refractivity contribution in [1.82, 2.24) is 5.32 Å². The van der Waals surface area contributed by atoms with Crippen LogP contribution in [0, 0.1) is 5.41 Å². The van der Waals surface area contributed by atoms with Crippen molar-refractivity contribution in [3.63, 3.8) is 0 Å². The molecule has 1 aromatic rings. The minimum absolute atomic E-state index is 0.614. The van der Waals surface area contributed by atoms with Gasteiger partial charge in [-0.3, -0.25) is 0 Å². The highest BCUT2D eigenvalue weighted by atomic mass is 16.6. The number of nitrogens with one attached hydrogen (secondary N) is 1. The first-order valence-electron chi connectivity index (χ1n) is 7.41. The van der Waals surface area contributed by atoms with E-state index in [1.807, 2.05) is 6.07 Å². The van der Waals surface area contributed by atoms with Crippen molar-refractivity contribution in [3.05, 3.63) is 23.8 Å². The molecule has 1 aliphatic carbocycles. The van der Waals surface area contributed by atoms with Gasteiger partial charge in [0.15, 0.2) is 11.5 Å². The van der Waals surface area contributed by atoms with E-state index in [1.165, 1.54) is 31.2 Å². The lowest BCUT2D eigenvalue weighted by molar-refractivity contribution is 0.171. The highest BCUT2D eigenvalue weighted by molar-refractivity contribution is 5.43. The Bertz CT molecular complexity index is 440. The Balaban J connectivity index is 1.53. The molecule has 0 saturated heterocycles. The minimum atomic E-state index is 0.614. The number of benzene rings is 1. The summed E-state index contributed by atoms with van der Waals surface area (Å²) in [6, 6.07) is 6.24. The molecule has 0 bridgehead atoms. The third kappa shape index (κ3) is 3.03. The van der Waals surface area contributed by atoms with Crippen LogP contribution < -0.4 is 14.8 Å². The average Bonchev–Trinajstić information content (AvgIpc) is 3.19. The van der Waals surface area contributed by atoms with Gasteiger partial charge in [0.1, 0.15) is 13.2 Å². The highest BCUT2D eigenvalue weighted by Gasteiger charge is 2.40. The Morgan fingerprint density at radius 3 is 2.68 bits per heavy atom. The van der Waals surface area contributed by atoms with E-state index in [0.717, 1.165) is 24.6 Å². The third-order valence-corrected chi connectivity index (χ3v) is 4.17. The van der Waals surface area contributed by atoms with Gasteiger partial charge in [-0.1, -0.05) is 19.4 Å². The number of fused-ring (bicyclic) bond motifs is 1. The fourth-order valence-corrected chi connectivity index (χ4v) is 2.89. The number of hydrogen-bond acceptors (Lipinski definition) is 3. The van der Waals surface area contributed by atoms with Crippen LogP contribution in [0.4, 0.5) is 0 Å². The molecule has 0 amide bonds. The topological polar surface area (TPSA) is 30.5 Å². The van der Waals surface area contributed by atoms with Gasteiger partial charge in [-0.15, -0.1) is 0 Å². The molecule has 0 spiro atoms. The highest BCUT2D eigenvalue weighted by Crippen LogP contribution is 2.48. The first kappa shape index (κ1) is 12.8. The van der Waals surface area contributed by atoms with Crippen LogP contribution in [0.15, 0.2) is 18.2 Å². The zero-order valence-corrected chi connectivity index (χ0v) is 11.7. The van der Waals surface area contributed by atoms with Gasteiger partial charge in [-0.05, 0) is 42.4 Å². The molecule has 1 aromatic carbocycles. The van der Waals surface area contributed by atoms with Gasteiger partial charge < -0.3 is 14.8 Å². The normalized spacial score (nSPS) is 19.2. The van der Waals surface area contributed by atoms with Gasteiger partial charge >= 0.3 is 0 Å². The van der Waals surface area contributed by atoms with Crippen LogP contribution in [0.2, 0.25) is 0 Å². The number of hydrogen-bond donors (Lipinski definition) is 1. The van der Waals surface area contributed by atoms with Crippen molar-refractivity contribution < 1.29 is 9.47 Å². The van der Waals surface area contributed by atoms with Crippen LogP contribution in [0.1, 0.15) is 38.2 Å². The average molecular weight is 261 g/mol. The molecule has 1 N–H and O–H groups in total. The molecule has 3 rings (SSSR count). The van der Waals surface area contributed by atoms with Gasteiger partial charge in [0.2, 0.25) is 0 Å². The molecule has 2 aliphatic rings. The van der Waals surface area contributed by atoms with Crippen LogP contribution in [0.5, 0.6) is 11.5 Å². The Morgan fingerprint density at radius 2 is 1.95 bits per heavy atom. The van der Waals surface area contributed by atoms with Gasteiger partial charge in [-0.25, -0.2) is 0 Å². The lowest BCUT2D eigenvalue weighted by atomic mass is 10.0. The van der Waals surface area contributed by atoms with E-state index in [9.17, 15) is 0 Å². The van der Waals surface area contributed by atoms with Crippen molar-refractivity contribution in [3.8, 4) is 11.5 Å². The summed E-state index contributed by atoms with van der Waals surface area (Å²) in [7, 11) is 0. The van der Waals surface area contributed by atoms with Crippen LogP contribution in [-0.4, -0.2) is 19.8 Å². The Hall–Kier alpha value is -1.22. The van der Waals surface area contributed by atoms with E-state index in [0.29, 0.717) is 18.6 Å². The predicted molar refractivity (Wildman–Crippen MR) is 75.7 cm³/mol. The molecule has 3 heteroatoms. The second-order valence-electron chi connectivity index (χ2n) is 5.83. The van der Waals surface area contributed by atoms with Crippen molar-refractivity contribution in [2.75, 3.05) is 19.8 Å². The fourth-order valence-electron chi connectivity index (χ4n) is 2.89. The predicted octanol–water partition coefficient (Wildman–Crippen LogP) is 3.13. The maximum Gasteiger partial charge on any atom is 0.161 e. The second-order valence-corrected chi connectivity index (χ2v) is 5.83. The first-order chi connectivity index (χ1) is 9.31. The molecule has 1 heterocycles. The van der Waals surface area contributed by atoms with Crippen LogP contribution >= 0.6 is 0 Å². The second kappa shape index (κ2) is 5.41. The molecule has 1 fully saturated rings. The summed E-state index contributed by atoms with van der Waals surface area (Å²) in [6.45, 7) is 5.66. The van der Waals surface area contributed by atoms with Crippen molar-refractivity contribution in [1.29, 1.82) is 0 Å². The first-order valence-corrected chi connectivity index (χ1v) is 7.41. The molecule has 104 valence electrons. The Labute approximate surface area is 115 Å². The monoisotopic (exact) mass is 261 g/mol. The molecule has 0 radical (unpaired) electrons. The molecule has 0 unspecified atom stereocenters. The van der Waals surface area contributed by atoms with Crippen molar-refractivity contribution >= 4 is 0 Å². The smallest absolute Gasteiger partial charge is 0.161 e. The molecule has 0 atom stereocenters. The third-order valence-electron chi connectivity index (χ3n) is 4.17. The molecule has 1 aliphatic heterocycles. The van der Waals surface area contributed by atoms with Gasteiger partial charge in [-0.2, -0.15) is 0 Å². The van der Waals surface area contributed by atoms with E-state index in [4.69, 9.17) is 9.47 Å². The van der Waals surface area contributed by atoms with Crippen molar-refractivity contribution in [2.45, 2.75) is 39.2 Å². The van der Waals surface area contributed by atoms with Crippen LogP contribution in [0.25, 0.3) is 0 Å². The fraction of sp³-hybridized carbons (Fsp3) is 0.625. The maximum atomic E-state index is 5.61. The molecular weight excluding hydrogens is 238 g/mol. The summed E-state index contributed by atoms with van der Waals surface area (Å²) >= 11 is 0.